The summed E-state index contributed by atoms with van der Waals surface area (Å²) in [6.45, 7) is 6.85. The lowest BCUT2D eigenvalue weighted by atomic mass is 10.0. The van der Waals surface area contributed by atoms with E-state index in [-0.39, 0.29) is 0 Å². The summed E-state index contributed by atoms with van der Waals surface area (Å²) in [6.07, 6.45) is 4.11. The molecule has 2 heteroatoms. The normalized spacial score (nSPS) is 14.4. The molecule has 0 spiro atoms. The summed E-state index contributed by atoms with van der Waals surface area (Å²) in [6, 6.07) is 0.755. The molecule has 0 aliphatic rings. The molecule has 0 aromatic heterocycles. The fraction of sp³-hybridized carbons (Fsp3) is 1.00. The standard InChI is InChI=1S/C8H21NSi/c1-7(2)5-4-6-8(3)9-10/h7-9H,4-6H2,1-3,10H3. The van der Waals surface area contributed by atoms with Crippen LogP contribution >= 0.6 is 0 Å². The van der Waals surface area contributed by atoms with Crippen LogP contribution in [0.25, 0.3) is 0 Å². The second-order valence-corrected chi connectivity index (χ2v) is 4.09. The van der Waals surface area contributed by atoms with E-state index in [9.17, 15) is 0 Å². The van der Waals surface area contributed by atoms with Crippen molar-refractivity contribution in [3.63, 3.8) is 0 Å². The van der Waals surface area contributed by atoms with Crippen LogP contribution in [0, 0.1) is 5.92 Å². The van der Waals surface area contributed by atoms with Crippen LogP contribution in [-0.2, 0) is 0 Å². The van der Waals surface area contributed by atoms with Crippen LogP contribution in [0.15, 0.2) is 0 Å². The molecule has 1 nitrogen and oxygen atoms in total. The molecule has 10 heavy (non-hydrogen) atoms. The molecule has 0 aliphatic heterocycles. The first kappa shape index (κ1) is 10.2. The second-order valence-electron chi connectivity index (χ2n) is 3.51. The lowest BCUT2D eigenvalue weighted by Crippen LogP contribution is -2.22. The van der Waals surface area contributed by atoms with Gasteiger partial charge in [0.15, 0.2) is 0 Å². The maximum absolute atomic E-state index is 3.38. The fourth-order valence-corrected chi connectivity index (χ4v) is 1.27. The molecule has 62 valence electrons. The van der Waals surface area contributed by atoms with Crippen molar-refractivity contribution in [3.05, 3.63) is 0 Å². The summed E-state index contributed by atoms with van der Waals surface area (Å²) in [5, 5.41) is 0. The van der Waals surface area contributed by atoms with Gasteiger partial charge in [-0.3, -0.25) is 0 Å². The lowest BCUT2D eigenvalue weighted by molar-refractivity contribution is 0.499. The third-order valence-corrected chi connectivity index (χ3v) is 2.90. The summed E-state index contributed by atoms with van der Waals surface area (Å²) in [4.78, 5) is 3.38. The van der Waals surface area contributed by atoms with Gasteiger partial charge >= 0.3 is 0 Å². The Balaban J connectivity index is 3.03. The highest BCUT2D eigenvalue weighted by atomic mass is 28.2. The summed E-state index contributed by atoms with van der Waals surface area (Å²) in [5.41, 5.74) is 0. The highest BCUT2D eigenvalue weighted by Gasteiger charge is 1.98. The molecule has 0 aliphatic carbocycles. The van der Waals surface area contributed by atoms with Crippen molar-refractivity contribution >= 4 is 10.4 Å². The molecule has 0 aromatic carbocycles. The molecule has 0 rings (SSSR count). The van der Waals surface area contributed by atoms with E-state index in [0.717, 1.165) is 22.4 Å². The van der Waals surface area contributed by atoms with Crippen LogP contribution in [-0.4, -0.2) is 16.4 Å². The van der Waals surface area contributed by atoms with Crippen molar-refractivity contribution in [2.45, 2.75) is 46.1 Å². The first-order valence-corrected chi connectivity index (χ1v) is 5.34. The SMILES string of the molecule is CC(C)CCCC(C)N[SiH3]. The van der Waals surface area contributed by atoms with Crippen LogP contribution in [0.3, 0.4) is 0 Å². The second kappa shape index (κ2) is 5.92. The zero-order valence-corrected chi connectivity index (χ0v) is 9.78. The predicted octanol–water partition coefficient (Wildman–Crippen LogP) is 1.07. The Morgan fingerprint density at radius 1 is 1.20 bits per heavy atom. The molecular weight excluding hydrogens is 138 g/mol. The Kier molecular flexibility index (Phi) is 6.03. The first-order chi connectivity index (χ1) is 4.66. The van der Waals surface area contributed by atoms with Crippen molar-refractivity contribution in [2.24, 2.45) is 5.92 Å². The average molecular weight is 159 g/mol. The predicted molar refractivity (Wildman–Crippen MR) is 51.2 cm³/mol. The van der Waals surface area contributed by atoms with Gasteiger partial charge in [0, 0.05) is 0 Å². The van der Waals surface area contributed by atoms with Gasteiger partial charge in [0.05, 0.1) is 10.4 Å². The molecule has 0 bridgehead atoms. The van der Waals surface area contributed by atoms with E-state index in [1.54, 1.807) is 0 Å². The minimum Gasteiger partial charge on any atom is -0.343 e. The minimum absolute atomic E-state index is 0.755. The number of nitrogens with one attached hydrogen (secondary N) is 1. The van der Waals surface area contributed by atoms with Gasteiger partial charge in [-0.15, -0.1) is 0 Å². The van der Waals surface area contributed by atoms with Gasteiger partial charge in [-0.25, -0.2) is 0 Å². The molecule has 1 unspecified atom stereocenters. The fourth-order valence-electron chi connectivity index (χ4n) is 0.977. The quantitative estimate of drug-likeness (QED) is 0.592. The largest absolute Gasteiger partial charge is 0.343 e. The number of hydrogen-bond donors (Lipinski definition) is 1. The van der Waals surface area contributed by atoms with Crippen LogP contribution in [0.2, 0.25) is 0 Å². The molecule has 1 atom stereocenters. The Bertz CT molecular complexity index is 73.7. The summed E-state index contributed by atoms with van der Waals surface area (Å²) in [5.74, 6) is 0.876. The molecule has 0 aromatic rings. The monoisotopic (exact) mass is 159 g/mol. The molecule has 1 N–H and O–H groups in total. The average Bonchev–Trinajstić information content (AvgIpc) is 1.87. The van der Waals surface area contributed by atoms with Gasteiger partial charge in [-0.1, -0.05) is 33.6 Å². The van der Waals surface area contributed by atoms with Gasteiger partial charge in [0.1, 0.15) is 0 Å². The van der Waals surface area contributed by atoms with Crippen molar-refractivity contribution in [1.82, 2.24) is 4.98 Å². The van der Waals surface area contributed by atoms with E-state index in [1.165, 1.54) is 19.3 Å². The molecule has 0 saturated carbocycles. The maximum Gasteiger partial charge on any atom is 0.0752 e. The van der Waals surface area contributed by atoms with Gasteiger partial charge in [-0.2, -0.15) is 0 Å². The number of hydrogen-bond acceptors (Lipinski definition) is 1. The Hall–Kier alpha value is 0.177. The van der Waals surface area contributed by atoms with Crippen molar-refractivity contribution in [3.8, 4) is 0 Å². The van der Waals surface area contributed by atoms with E-state index in [4.69, 9.17) is 0 Å². The summed E-state index contributed by atoms with van der Waals surface area (Å²) >= 11 is 0. The Labute approximate surface area is 68.1 Å². The van der Waals surface area contributed by atoms with Gasteiger partial charge < -0.3 is 4.98 Å². The third-order valence-electron chi connectivity index (χ3n) is 1.91. The highest BCUT2D eigenvalue weighted by molar-refractivity contribution is 6.04. The van der Waals surface area contributed by atoms with Gasteiger partial charge in [0.2, 0.25) is 0 Å². The lowest BCUT2D eigenvalue weighted by Gasteiger charge is -2.10. The Morgan fingerprint density at radius 3 is 2.20 bits per heavy atom. The smallest absolute Gasteiger partial charge is 0.0752 e. The van der Waals surface area contributed by atoms with Crippen molar-refractivity contribution in [2.75, 3.05) is 0 Å². The molecule has 0 heterocycles. The van der Waals surface area contributed by atoms with E-state index in [0.29, 0.717) is 0 Å². The van der Waals surface area contributed by atoms with E-state index in [2.05, 4.69) is 25.8 Å². The van der Waals surface area contributed by atoms with Gasteiger partial charge in [-0.05, 0) is 18.4 Å². The molecule has 0 amide bonds. The Morgan fingerprint density at radius 2 is 1.80 bits per heavy atom. The van der Waals surface area contributed by atoms with Gasteiger partial charge in [0.25, 0.3) is 0 Å². The molecular formula is C8H21NSi. The van der Waals surface area contributed by atoms with Crippen molar-refractivity contribution < 1.29 is 0 Å². The zero-order chi connectivity index (χ0) is 7.98. The van der Waals surface area contributed by atoms with Crippen molar-refractivity contribution in [1.29, 1.82) is 0 Å². The third kappa shape index (κ3) is 6.30. The minimum atomic E-state index is 0.755. The molecule has 0 saturated heterocycles. The first-order valence-electron chi connectivity index (χ1n) is 4.34. The van der Waals surface area contributed by atoms with E-state index in [1.807, 2.05) is 0 Å². The van der Waals surface area contributed by atoms with Crippen LogP contribution < -0.4 is 4.98 Å². The van der Waals surface area contributed by atoms with Crippen LogP contribution in [0.4, 0.5) is 0 Å². The molecule has 0 fully saturated rings. The van der Waals surface area contributed by atoms with Crippen LogP contribution in [0.5, 0.6) is 0 Å². The van der Waals surface area contributed by atoms with E-state index >= 15 is 0 Å². The highest BCUT2D eigenvalue weighted by Crippen LogP contribution is 2.07. The zero-order valence-electron chi connectivity index (χ0n) is 7.78. The number of rotatable bonds is 5. The summed E-state index contributed by atoms with van der Waals surface area (Å²) in [7, 11) is 1.14. The summed E-state index contributed by atoms with van der Waals surface area (Å²) < 4.78 is 0. The molecule has 0 radical (unpaired) electrons. The van der Waals surface area contributed by atoms with E-state index < -0.39 is 0 Å². The maximum atomic E-state index is 3.38. The van der Waals surface area contributed by atoms with Crippen LogP contribution in [0.1, 0.15) is 40.0 Å². The topological polar surface area (TPSA) is 12.0 Å².